The third kappa shape index (κ3) is 2.69. The first-order valence-electron chi connectivity index (χ1n) is 5.63. The molecule has 3 nitrogen and oxygen atoms in total. The van der Waals surface area contributed by atoms with Crippen molar-refractivity contribution in [3.05, 3.63) is 65.7 Å². The Morgan fingerprint density at radius 3 is 2.11 bits per heavy atom. The van der Waals surface area contributed by atoms with Gasteiger partial charge in [0.2, 0.25) is 0 Å². The zero-order valence-corrected chi connectivity index (χ0v) is 10.1. The van der Waals surface area contributed by atoms with Gasteiger partial charge in [0.25, 0.3) is 6.47 Å². The van der Waals surface area contributed by atoms with Crippen molar-refractivity contribution in [2.24, 2.45) is 0 Å². The molecular weight excluding hydrogens is 228 g/mol. The highest BCUT2D eigenvalue weighted by molar-refractivity contribution is 5.42. The number of methoxy groups -OCH3 is 1. The van der Waals surface area contributed by atoms with E-state index in [0.29, 0.717) is 6.47 Å². The van der Waals surface area contributed by atoms with Gasteiger partial charge in [-0.25, -0.2) is 0 Å². The second kappa shape index (κ2) is 5.87. The first-order valence-corrected chi connectivity index (χ1v) is 5.63. The van der Waals surface area contributed by atoms with E-state index in [4.69, 9.17) is 9.47 Å². The van der Waals surface area contributed by atoms with Crippen LogP contribution in [0.4, 0.5) is 0 Å². The summed E-state index contributed by atoms with van der Waals surface area (Å²) in [6.45, 7) is 0.474. The normalized spacial score (nSPS) is 11.6. The van der Waals surface area contributed by atoms with Crippen LogP contribution in [0, 0.1) is 0 Å². The fraction of sp³-hybridized carbons (Fsp3) is 0.133. The summed E-state index contributed by atoms with van der Waals surface area (Å²) in [5, 5.41) is 0. The average molecular weight is 242 g/mol. The molecule has 92 valence electrons. The van der Waals surface area contributed by atoms with Crippen LogP contribution < -0.4 is 4.74 Å². The lowest BCUT2D eigenvalue weighted by Gasteiger charge is -2.16. The van der Waals surface area contributed by atoms with E-state index in [-0.39, 0.29) is 6.10 Å². The molecule has 0 heterocycles. The summed E-state index contributed by atoms with van der Waals surface area (Å²) in [6, 6.07) is 17.1. The minimum atomic E-state index is -0.380. The van der Waals surface area contributed by atoms with Gasteiger partial charge in [0.15, 0.2) is 6.10 Å². The van der Waals surface area contributed by atoms with Gasteiger partial charge in [-0.1, -0.05) is 42.5 Å². The molecule has 0 spiro atoms. The van der Waals surface area contributed by atoms with Crippen molar-refractivity contribution in [1.29, 1.82) is 0 Å². The number of ether oxygens (including phenoxy) is 2. The van der Waals surface area contributed by atoms with Crippen LogP contribution in [0.1, 0.15) is 17.2 Å². The Labute approximate surface area is 106 Å². The van der Waals surface area contributed by atoms with Gasteiger partial charge in [0, 0.05) is 0 Å². The molecule has 0 aliphatic heterocycles. The Kier molecular flexibility index (Phi) is 3.97. The number of carbonyl (C=O) groups excluding carboxylic acids is 1. The molecule has 0 aliphatic carbocycles. The fourth-order valence-corrected chi connectivity index (χ4v) is 1.81. The number of hydrogen-bond donors (Lipinski definition) is 0. The molecule has 0 bridgehead atoms. The maximum atomic E-state index is 10.6. The SMILES string of the molecule is COc1ccc(C(OC=O)c2ccccc2)cc1. The molecule has 0 saturated heterocycles. The summed E-state index contributed by atoms with van der Waals surface area (Å²) in [5.74, 6) is 0.775. The standard InChI is InChI=1S/C15H14O3/c1-17-14-9-7-13(8-10-14)15(18-11-16)12-5-3-2-4-6-12/h2-11,15H,1H3. The molecule has 2 aromatic rings. The van der Waals surface area contributed by atoms with Crippen LogP contribution in [0.5, 0.6) is 5.75 Å². The first-order chi connectivity index (χ1) is 8.85. The van der Waals surface area contributed by atoms with E-state index in [1.165, 1.54) is 0 Å². The number of hydrogen-bond acceptors (Lipinski definition) is 3. The van der Waals surface area contributed by atoms with Gasteiger partial charge in [-0.2, -0.15) is 0 Å². The molecule has 0 fully saturated rings. The van der Waals surface area contributed by atoms with E-state index in [1.807, 2.05) is 54.6 Å². The van der Waals surface area contributed by atoms with Crippen LogP contribution in [-0.2, 0) is 9.53 Å². The molecule has 2 aromatic carbocycles. The van der Waals surface area contributed by atoms with Gasteiger partial charge in [-0.3, -0.25) is 4.79 Å². The largest absolute Gasteiger partial charge is 0.497 e. The molecule has 0 saturated carbocycles. The zero-order chi connectivity index (χ0) is 12.8. The highest BCUT2D eigenvalue weighted by atomic mass is 16.5. The van der Waals surface area contributed by atoms with Crippen molar-refractivity contribution in [3.63, 3.8) is 0 Å². The third-order valence-corrected chi connectivity index (χ3v) is 2.71. The van der Waals surface area contributed by atoms with E-state index in [1.54, 1.807) is 7.11 Å². The van der Waals surface area contributed by atoms with E-state index in [2.05, 4.69) is 0 Å². The van der Waals surface area contributed by atoms with Crippen molar-refractivity contribution >= 4 is 6.47 Å². The molecule has 0 aliphatic rings. The van der Waals surface area contributed by atoms with E-state index >= 15 is 0 Å². The smallest absolute Gasteiger partial charge is 0.294 e. The first kappa shape index (κ1) is 12.2. The third-order valence-electron chi connectivity index (χ3n) is 2.71. The molecular formula is C15H14O3. The summed E-state index contributed by atoms with van der Waals surface area (Å²) in [6.07, 6.45) is -0.380. The van der Waals surface area contributed by atoms with Gasteiger partial charge in [-0.05, 0) is 23.3 Å². The predicted octanol–water partition coefficient (Wildman–Crippen LogP) is 2.96. The van der Waals surface area contributed by atoms with Crippen LogP contribution in [0.2, 0.25) is 0 Å². The summed E-state index contributed by atoms with van der Waals surface area (Å²) in [7, 11) is 1.62. The van der Waals surface area contributed by atoms with Gasteiger partial charge < -0.3 is 9.47 Å². The average Bonchev–Trinajstić information content (AvgIpc) is 2.46. The minimum Gasteiger partial charge on any atom is -0.497 e. The van der Waals surface area contributed by atoms with E-state index in [0.717, 1.165) is 16.9 Å². The number of benzene rings is 2. The molecule has 0 radical (unpaired) electrons. The van der Waals surface area contributed by atoms with Crippen LogP contribution in [0.25, 0.3) is 0 Å². The van der Waals surface area contributed by atoms with Crippen molar-refractivity contribution in [1.82, 2.24) is 0 Å². The van der Waals surface area contributed by atoms with Crippen LogP contribution >= 0.6 is 0 Å². The topological polar surface area (TPSA) is 35.5 Å². The molecule has 2 rings (SSSR count). The predicted molar refractivity (Wildman–Crippen MR) is 68.4 cm³/mol. The Bertz CT molecular complexity index is 491. The van der Waals surface area contributed by atoms with Crippen LogP contribution in [0.3, 0.4) is 0 Å². The summed E-state index contributed by atoms with van der Waals surface area (Å²) in [4.78, 5) is 10.6. The lowest BCUT2D eigenvalue weighted by molar-refractivity contribution is -0.132. The van der Waals surface area contributed by atoms with Crippen molar-refractivity contribution in [2.45, 2.75) is 6.10 Å². The van der Waals surface area contributed by atoms with Crippen LogP contribution in [-0.4, -0.2) is 13.6 Å². The quantitative estimate of drug-likeness (QED) is 0.756. The van der Waals surface area contributed by atoms with E-state index < -0.39 is 0 Å². The Morgan fingerprint density at radius 1 is 0.944 bits per heavy atom. The Balaban J connectivity index is 2.32. The second-order valence-electron chi connectivity index (χ2n) is 3.80. The van der Waals surface area contributed by atoms with Crippen molar-refractivity contribution < 1.29 is 14.3 Å². The lowest BCUT2D eigenvalue weighted by Crippen LogP contribution is -2.05. The number of rotatable bonds is 5. The Morgan fingerprint density at radius 2 is 1.56 bits per heavy atom. The fourth-order valence-electron chi connectivity index (χ4n) is 1.81. The molecule has 0 aromatic heterocycles. The van der Waals surface area contributed by atoms with Gasteiger partial charge in [0.1, 0.15) is 5.75 Å². The van der Waals surface area contributed by atoms with Crippen molar-refractivity contribution in [3.8, 4) is 5.75 Å². The zero-order valence-electron chi connectivity index (χ0n) is 10.1. The minimum absolute atomic E-state index is 0.380. The molecule has 0 N–H and O–H groups in total. The highest BCUT2D eigenvalue weighted by Crippen LogP contribution is 2.26. The summed E-state index contributed by atoms with van der Waals surface area (Å²) >= 11 is 0. The summed E-state index contributed by atoms with van der Waals surface area (Å²) in [5.41, 5.74) is 1.85. The molecule has 18 heavy (non-hydrogen) atoms. The van der Waals surface area contributed by atoms with Gasteiger partial charge >= 0.3 is 0 Å². The van der Waals surface area contributed by atoms with Gasteiger partial charge in [-0.15, -0.1) is 0 Å². The van der Waals surface area contributed by atoms with Crippen LogP contribution in [0.15, 0.2) is 54.6 Å². The molecule has 1 unspecified atom stereocenters. The second-order valence-corrected chi connectivity index (χ2v) is 3.80. The van der Waals surface area contributed by atoms with E-state index in [9.17, 15) is 4.79 Å². The maximum absolute atomic E-state index is 10.6. The van der Waals surface area contributed by atoms with Crippen molar-refractivity contribution in [2.75, 3.05) is 7.11 Å². The number of carbonyl (C=O) groups is 1. The molecule has 3 heteroatoms. The Hall–Kier alpha value is -2.29. The molecule has 1 atom stereocenters. The summed E-state index contributed by atoms with van der Waals surface area (Å²) < 4.78 is 10.3. The van der Waals surface area contributed by atoms with Gasteiger partial charge in [0.05, 0.1) is 7.11 Å². The molecule has 0 amide bonds. The monoisotopic (exact) mass is 242 g/mol. The maximum Gasteiger partial charge on any atom is 0.294 e. The highest BCUT2D eigenvalue weighted by Gasteiger charge is 2.14. The lowest BCUT2D eigenvalue weighted by atomic mass is 10.0.